The van der Waals surface area contributed by atoms with Crippen molar-refractivity contribution < 1.29 is 14.7 Å². The predicted octanol–water partition coefficient (Wildman–Crippen LogP) is 1.29. The van der Waals surface area contributed by atoms with Crippen LogP contribution >= 0.6 is 0 Å². The van der Waals surface area contributed by atoms with Gasteiger partial charge < -0.3 is 15.3 Å². The zero-order valence-electron chi connectivity index (χ0n) is 9.90. The summed E-state index contributed by atoms with van der Waals surface area (Å²) in [5.41, 5.74) is 0. The van der Waals surface area contributed by atoms with E-state index in [1.807, 2.05) is 13.8 Å². The van der Waals surface area contributed by atoms with Crippen molar-refractivity contribution in [3.63, 3.8) is 0 Å². The Kier molecular flexibility index (Phi) is 4.58. The van der Waals surface area contributed by atoms with Crippen molar-refractivity contribution in [2.24, 2.45) is 5.92 Å². The summed E-state index contributed by atoms with van der Waals surface area (Å²) < 4.78 is 0. The van der Waals surface area contributed by atoms with Crippen molar-refractivity contribution in [2.45, 2.75) is 39.2 Å². The summed E-state index contributed by atoms with van der Waals surface area (Å²) in [7, 11) is 0. The van der Waals surface area contributed by atoms with E-state index in [2.05, 4.69) is 5.32 Å². The number of urea groups is 1. The van der Waals surface area contributed by atoms with Crippen LogP contribution in [0.1, 0.15) is 33.1 Å². The van der Waals surface area contributed by atoms with Crippen LogP contribution in [0.2, 0.25) is 0 Å². The normalized spacial score (nSPS) is 17.6. The van der Waals surface area contributed by atoms with Crippen molar-refractivity contribution in [2.75, 3.05) is 13.1 Å². The van der Waals surface area contributed by atoms with Gasteiger partial charge in [-0.2, -0.15) is 0 Å². The molecule has 0 saturated carbocycles. The number of aliphatic carboxylic acids is 1. The number of amides is 2. The Balaban J connectivity index is 2.47. The molecule has 1 aliphatic heterocycles. The van der Waals surface area contributed by atoms with Crippen LogP contribution in [0.3, 0.4) is 0 Å². The van der Waals surface area contributed by atoms with Crippen LogP contribution in [0.15, 0.2) is 0 Å². The van der Waals surface area contributed by atoms with Gasteiger partial charge >= 0.3 is 12.0 Å². The van der Waals surface area contributed by atoms with E-state index in [1.54, 1.807) is 4.90 Å². The third kappa shape index (κ3) is 3.72. The second-order valence-corrected chi connectivity index (χ2v) is 4.66. The number of carbonyl (C=O) groups excluding carboxylic acids is 1. The second kappa shape index (κ2) is 5.72. The fourth-order valence-electron chi connectivity index (χ4n) is 1.85. The first-order valence-electron chi connectivity index (χ1n) is 5.79. The van der Waals surface area contributed by atoms with E-state index in [9.17, 15) is 9.59 Å². The Labute approximate surface area is 95.8 Å². The number of hydrogen-bond donors (Lipinski definition) is 2. The molecule has 0 aromatic carbocycles. The van der Waals surface area contributed by atoms with Gasteiger partial charge in [0.05, 0.1) is 0 Å². The summed E-state index contributed by atoms with van der Waals surface area (Å²) in [6.45, 7) is 5.36. The minimum Gasteiger partial charge on any atom is -0.480 e. The molecule has 1 saturated heterocycles. The largest absolute Gasteiger partial charge is 0.480 e. The minimum absolute atomic E-state index is 0.245. The molecule has 2 N–H and O–H groups in total. The Hall–Kier alpha value is -1.26. The van der Waals surface area contributed by atoms with Crippen LogP contribution < -0.4 is 5.32 Å². The number of likely N-dealkylation sites (tertiary alicyclic amines) is 1. The number of hydrogen-bond acceptors (Lipinski definition) is 2. The van der Waals surface area contributed by atoms with Gasteiger partial charge in [-0.25, -0.2) is 9.59 Å². The standard InChI is InChI=1S/C11H20N2O3/c1-8(2)7-9(10(14)15)12-11(16)13-5-3-4-6-13/h8-9H,3-7H2,1-2H3,(H,12,16)(H,14,15)/t9-/m1/s1. The highest BCUT2D eigenvalue weighted by Gasteiger charge is 2.25. The van der Waals surface area contributed by atoms with E-state index < -0.39 is 12.0 Å². The smallest absolute Gasteiger partial charge is 0.326 e. The average Bonchev–Trinajstić information content (AvgIpc) is 2.68. The molecule has 16 heavy (non-hydrogen) atoms. The number of nitrogens with one attached hydrogen (secondary N) is 1. The zero-order chi connectivity index (χ0) is 12.1. The van der Waals surface area contributed by atoms with Gasteiger partial charge in [0, 0.05) is 13.1 Å². The van der Waals surface area contributed by atoms with Crippen LogP contribution in [-0.2, 0) is 4.79 Å². The monoisotopic (exact) mass is 228 g/mol. The van der Waals surface area contributed by atoms with Gasteiger partial charge in [-0.3, -0.25) is 0 Å². The van der Waals surface area contributed by atoms with Crippen molar-refractivity contribution in [1.82, 2.24) is 10.2 Å². The maximum Gasteiger partial charge on any atom is 0.326 e. The van der Waals surface area contributed by atoms with Gasteiger partial charge in [0.15, 0.2) is 0 Å². The first-order chi connectivity index (χ1) is 7.50. The highest BCUT2D eigenvalue weighted by Crippen LogP contribution is 2.09. The molecule has 1 fully saturated rings. The van der Waals surface area contributed by atoms with E-state index in [-0.39, 0.29) is 11.9 Å². The summed E-state index contributed by atoms with van der Waals surface area (Å²) in [6.07, 6.45) is 2.49. The summed E-state index contributed by atoms with van der Waals surface area (Å²) in [5, 5.41) is 11.6. The van der Waals surface area contributed by atoms with Crippen molar-refractivity contribution in [1.29, 1.82) is 0 Å². The van der Waals surface area contributed by atoms with Crippen molar-refractivity contribution >= 4 is 12.0 Å². The molecule has 1 heterocycles. The number of carboxylic acid groups (broad SMARTS) is 1. The molecular formula is C11H20N2O3. The molecule has 2 amide bonds. The van der Waals surface area contributed by atoms with Crippen molar-refractivity contribution in [3.05, 3.63) is 0 Å². The van der Waals surface area contributed by atoms with Gasteiger partial charge in [-0.1, -0.05) is 13.8 Å². The lowest BCUT2D eigenvalue weighted by molar-refractivity contribution is -0.139. The first kappa shape index (κ1) is 12.8. The van der Waals surface area contributed by atoms with Gasteiger partial charge in [-0.05, 0) is 25.2 Å². The number of carboxylic acids is 1. The highest BCUT2D eigenvalue weighted by molar-refractivity contribution is 5.82. The van der Waals surface area contributed by atoms with Crippen LogP contribution in [0.25, 0.3) is 0 Å². The second-order valence-electron chi connectivity index (χ2n) is 4.66. The lowest BCUT2D eigenvalue weighted by atomic mass is 10.0. The molecule has 1 rings (SSSR count). The quantitative estimate of drug-likeness (QED) is 0.761. The molecule has 5 nitrogen and oxygen atoms in total. The third-order valence-electron chi connectivity index (χ3n) is 2.70. The van der Waals surface area contributed by atoms with Crippen LogP contribution in [-0.4, -0.2) is 41.1 Å². The Morgan fingerprint density at radius 2 is 1.88 bits per heavy atom. The van der Waals surface area contributed by atoms with Gasteiger partial charge in [-0.15, -0.1) is 0 Å². The molecule has 0 aromatic heterocycles. The van der Waals surface area contributed by atoms with Gasteiger partial charge in [0.25, 0.3) is 0 Å². The fourth-order valence-corrected chi connectivity index (χ4v) is 1.85. The molecule has 92 valence electrons. The number of carbonyl (C=O) groups is 2. The SMILES string of the molecule is CC(C)C[C@@H](NC(=O)N1CCCC1)C(=O)O. The van der Waals surface area contributed by atoms with E-state index in [4.69, 9.17) is 5.11 Å². The summed E-state index contributed by atoms with van der Waals surface area (Å²) in [6, 6.07) is -1.02. The van der Waals surface area contributed by atoms with E-state index in [1.165, 1.54) is 0 Å². The summed E-state index contributed by atoms with van der Waals surface area (Å²) in [4.78, 5) is 24.3. The first-order valence-corrected chi connectivity index (χ1v) is 5.79. The predicted molar refractivity (Wildman–Crippen MR) is 60.2 cm³/mol. The topological polar surface area (TPSA) is 69.6 Å². The number of rotatable bonds is 4. The fraction of sp³-hybridized carbons (Fsp3) is 0.818. The van der Waals surface area contributed by atoms with Crippen LogP contribution in [0.4, 0.5) is 4.79 Å². The Bertz CT molecular complexity index is 260. The number of nitrogens with zero attached hydrogens (tertiary/aromatic N) is 1. The lowest BCUT2D eigenvalue weighted by Crippen LogP contribution is -2.47. The zero-order valence-corrected chi connectivity index (χ0v) is 9.90. The third-order valence-corrected chi connectivity index (χ3v) is 2.70. The summed E-state index contributed by atoms with van der Waals surface area (Å²) >= 11 is 0. The average molecular weight is 228 g/mol. The molecule has 0 bridgehead atoms. The van der Waals surface area contributed by atoms with Crippen LogP contribution in [0.5, 0.6) is 0 Å². The molecule has 0 spiro atoms. The molecule has 5 heteroatoms. The molecule has 1 atom stereocenters. The molecular weight excluding hydrogens is 208 g/mol. The van der Waals surface area contributed by atoms with Crippen molar-refractivity contribution in [3.8, 4) is 0 Å². The van der Waals surface area contributed by atoms with E-state index in [0.717, 1.165) is 25.9 Å². The molecule has 1 aliphatic rings. The van der Waals surface area contributed by atoms with Gasteiger partial charge in [0.1, 0.15) is 6.04 Å². The summed E-state index contributed by atoms with van der Waals surface area (Å²) in [5.74, 6) is -0.707. The lowest BCUT2D eigenvalue weighted by Gasteiger charge is -2.21. The van der Waals surface area contributed by atoms with E-state index in [0.29, 0.717) is 6.42 Å². The molecule has 0 aliphatic carbocycles. The Morgan fingerprint density at radius 1 is 1.31 bits per heavy atom. The van der Waals surface area contributed by atoms with Gasteiger partial charge in [0.2, 0.25) is 0 Å². The molecule has 0 radical (unpaired) electrons. The Morgan fingerprint density at radius 3 is 2.31 bits per heavy atom. The minimum atomic E-state index is -0.957. The molecule has 0 aromatic rings. The molecule has 0 unspecified atom stereocenters. The van der Waals surface area contributed by atoms with E-state index >= 15 is 0 Å². The highest BCUT2D eigenvalue weighted by atomic mass is 16.4. The van der Waals surface area contributed by atoms with Crippen LogP contribution in [0, 0.1) is 5.92 Å². The maximum absolute atomic E-state index is 11.7. The maximum atomic E-state index is 11.7.